The first-order valence-corrected chi connectivity index (χ1v) is 8.76. The lowest BCUT2D eigenvalue weighted by Crippen LogP contribution is -2.09. The standard InChI is InChI=1S/C17H21FN2O2S/c1-11(2)22-15-6-5-12(18)8-14(15)19-9-13-10-23-17(20-13)16-4-3-7-21-16/h5-6,8,10-11,16,19H,3-4,7,9H2,1-2H3. The molecule has 1 aliphatic rings. The Bertz CT molecular complexity index is 654. The van der Waals surface area contributed by atoms with Crippen LogP contribution in [0.1, 0.15) is 43.5 Å². The first kappa shape index (κ1) is 16.2. The van der Waals surface area contributed by atoms with E-state index in [1.54, 1.807) is 17.4 Å². The van der Waals surface area contributed by atoms with Crippen LogP contribution in [0.3, 0.4) is 0 Å². The van der Waals surface area contributed by atoms with E-state index in [1.807, 2.05) is 19.2 Å². The van der Waals surface area contributed by atoms with Gasteiger partial charge in [-0.3, -0.25) is 0 Å². The van der Waals surface area contributed by atoms with Gasteiger partial charge in [0.1, 0.15) is 22.7 Å². The number of rotatable bonds is 6. The quantitative estimate of drug-likeness (QED) is 0.841. The topological polar surface area (TPSA) is 43.4 Å². The Morgan fingerprint density at radius 2 is 2.35 bits per heavy atom. The summed E-state index contributed by atoms with van der Waals surface area (Å²) in [5.41, 5.74) is 1.57. The SMILES string of the molecule is CC(C)Oc1ccc(F)cc1NCc1csc(C2CCCO2)n1. The highest BCUT2D eigenvalue weighted by Gasteiger charge is 2.20. The summed E-state index contributed by atoms with van der Waals surface area (Å²) >= 11 is 1.62. The van der Waals surface area contributed by atoms with Gasteiger partial charge in [0.15, 0.2) is 0 Å². The zero-order valence-electron chi connectivity index (χ0n) is 13.3. The van der Waals surface area contributed by atoms with Gasteiger partial charge in [-0.1, -0.05) is 0 Å². The third kappa shape index (κ3) is 4.20. The van der Waals surface area contributed by atoms with Crippen molar-refractivity contribution in [2.45, 2.75) is 45.4 Å². The molecule has 0 bridgehead atoms. The van der Waals surface area contributed by atoms with Crippen molar-refractivity contribution in [1.29, 1.82) is 0 Å². The molecule has 1 aromatic heterocycles. The Labute approximate surface area is 139 Å². The van der Waals surface area contributed by atoms with E-state index in [2.05, 4.69) is 10.3 Å². The number of hydrogen-bond donors (Lipinski definition) is 1. The molecule has 1 atom stereocenters. The fourth-order valence-corrected chi connectivity index (χ4v) is 3.41. The zero-order chi connectivity index (χ0) is 16.2. The number of benzene rings is 1. The van der Waals surface area contributed by atoms with Gasteiger partial charge in [0.05, 0.1) is 24.0 Å². The molecule has 1 aliphatic heterocycles. The van der Waals surface area contributed by atoms with Crippen LogP contribution < -0.4 is 10.1 Å². The summed E-state index contributed by atoms with van der Waals surface area (Å²) in [6.45, 7) is 5.24. The third-order valence-corrected chi connectivity index (χ3v) is 4.52. The minimum absolute atomic E-state index is 0.0337. The minimum Gasteiger partial charge on any atom is -0.489 e. The minimum atomic E-state index is -0.290. The van der Waals surface area contributed by atoms with Gasteiger partial charge in [-0.2, -0.15) is 0 Å². The number of ether oxygens (including phenoxy) is 2. The number of aromatic nitrogens is 1. The molecule has 1 N–H and O–H groups in total. The summed E-state index contributed by atoms with van der Waals surface area (Å²) < 4.78 is 24.9. The van der Waals surface area contributed by atoms with Crippen LogP contribution in [0.15, 0.2) is 23.6 Å². The smallest absolute Gasteiger partial charge is 0.142 e. The lowest BCUT2D eigenvalue weighted by atomic mass is 10.2. The number of thiazole rings is 1. The molecule has 124 valence electrons. The molecule has 2 heterocycles. The van der Waals surface area contributed by atoms with E-state index in [0.29, 0.717) is 18.0 Å². The Balaban J connectivity index is 1.66. The Kier molecular flexibility index (Phi) is 5.13. The maximum atomic E-state index is 13.5. The van der Waals surface area contributed by atoms with E-state index >= 15 is 0 Å². The molecule has 23 heavy (non-hydrogen) atoms. The van der Waals surface area contributed by atoms with E-state index in [9.17, 15) is 4.39 Å². The van der Waals surface area contributed by atoms with Gasteiger partial charge in [-0.25, -0.2) is 9.37 Å². The summed E-state index contributed by atoms with van der Waals surface area (Å²) in [5, 5.41) is 6.26. The average molecular weight is 336 g/mol. The highest BCUT2D eigenvalue weighted by molar-refractivity contribution is 7.09. The van der Waals surface area contributed by atoms with Crippen LogP contribution in [0.25, 0.3) is 0 Å². The van der Waals surface area contributed by atoms with Crippen LogP contribution in [0.4, 0.5) is 10.1 Å². The van der Waals surface area contributed by atoms with Crippen molar-refractivity contribution < 1.29 is 13.9 Å². The normalized spacial score (nSPS) is 17.7. The summed E-state index contributed by atoms with van der Waals surface area (Å²) in [4.78, 5) is 4.62. The van der Waals surface area contributed by atoms with E-state index in [4.69, 9.17) is 9.47 Å². The molecule has 0 radical (unpaired) electrons. The van der Waals surface area contributed by atoms with E-state index in [0.717, 1.165) is 30.2 Å². The van der Waals surface area contributed by atoms with Crippen LogP contribution in [0.2, 0.25) is 0 Å². The molecule has 0 saturated carbocycles. The average Bonchev–Trinajstić information content (AvgIpc) is 3.17. The molecule has 1 saturated heterocycles. The first-order valence-electron chi connectivity index (χ1n) is 7.88. The monoisotopic (exact) mass is 336 g/mol. The predicted octanol–water partition coefficient (Wildman–Crippen LogP) is 4.53. The molecule has 0 aliphatic carbocycles. The molecular weight excluding hydrogens is 315 g/mol. The van der Waals surface area contributed by atoms with Crippen LogP contribution in [-0.2, 0) is 11.3 Å². The van der Waals surface area contributed by atoms with Crippen molar-refractivity contribution in [3.8, 4) is 5.75 Å². The van der Waals surface area contributed by atoms with E-state index < -0.39 is 0 Å². The Hall–Kier alpha value is -1.66. The van der Waals surface area contributed by atoms with Gasteiger partial charge in [0.2, 0.25) is 0 Å². The van der Waals surface area contributed by atoms with E-state index in [1.165, 1.54) is 12.1 Å². The van der Waals surface area contributed by atoms with Gasteiger partial charge in [-0.15, -0.1) is 11.3 Å². The number of nitrogens with zero attached hydrogens (tertiary/aromatic N) is 1. The molecule has 1 fully saturated rings. The van der Waals surface area contributed by atoms with Crippen molar-refractivity contribution in [3.05, 3.63) is 40.1 Å². The van der Waals surface area contributed by atoms with Gasteiger partial charge in [-0.05, 0) is 38.8 Å². The Morgan fingerprint density at radius 3 is 3.09 bits per heavy atom. The largest absolute Gasteiger partial charge is 0.489 e. The van der Waals surface area contributed by atoms with Crippen LogP contribution in [-0.4, -0.2) is 17.7 Å². The van der Waals surface area contributed by atoms with E-state index in [-0.39, 0.29) is 18.0 Å². The van der Waals surface area contributed by atoms with Crippen LogP contribution in [0, 0.1) is 5.82 Å². The van der Waals surface area contributed by atoms with Gasteiger partial charge in [0, 0.05) is 18.1 Å². The highest BCUT2D eigenvalue weighted by atomic mass is 32.1. The lowest BCUT2D eigenvalue weighted by molar-refractivity contribution is 0.111. The zero-order valence-corrected chi connectivity index (χ0v) is 14.2. The van der Waals surface area contributed by atoms with Crippen LogP contribution >= 0.6 is 11.3 Å². The maximum absolute atomic E-state index is 13.5. The van der Waals surface area contributed by atoms with Gasteiger partial charge >= 0.3 is 0 Å². The number of halogens is 1. The predicted molar refractivity (Wildman–Crippen MR) is 89.5 cm³/mol. The second-order valence-corrected chi connectivity index (χ2v) is 6.73. The molecule has 2 aromatic rings. The fourth-order valence-electron chi connectivity index (χ4n) is 2.51. The number of hydrogen-bond acceptors (Lipinski definition) is 5. The molecular formula is C17H21FN2O2S. The van der Waals surface area contributed by atoms with Crippen molar-refractivity contribution in [3.63, 3.8) is 0 Å². The molecule has 6 heteroatoms. The van der Waals surface area contributed by atoms with Crippen molar-refractivity contribution in [1.82, 2.24) is 4.98 Å². The van der Waals surface area contributed by atoms with Crippen molar-refractivity contribution in [2.24, 2.45) is 0 Å². The molecule has 1 unspecified atom stereocenters. The van der Waals surface area contributed by atoms with Crippen molar-refractivity contribution >= 4 is 17.0 Å². The third-order valence-electron chi connectivity index (χ3n) is 3.54. The highest BCUT2D eigenvalue weighted by Crippen LogP contribution is 2.31. The number of anilines is 1. The van der Waals surface area contributed by atoms with Crippen LogP contribution in [0.5, 0.6) is 5.75 Å². The second kappa shape index (κ2) is 7.27. The fraction of sp³-hybridized carbons (Fsp3) is 0.471. The first-order chi connectivity index (χ1) is 11.1. The molecule has 0 spiro atoms. The molecule has 1 aromatic carbocycles. The summed E-state index contributed by atoms with van der Waals surface area (Å²) in [5.74, 6) is 0.359. The van der Waals surface area contributed by atoms with Gasteiger partial charge < -0.3 is 14.8 Å². The van der Waals surface area contributed by atoms with Gasteiger partial charge in [0.25, 0.3) is 0 Å². The number of nitrogens with one attached hydrogen (secondary N) is 1. The maximum Gasteiger partial charge on any atom is 0.142 e. The van der Waals surface area contributed by atoms with Crippen molar-refractivity contribution in [2.75, 3.05) is 11.9 Å². The summed E-state index contributed by atoms with van der Waals surface area (Å²) in [6, 6.07) is 4.50. The summed E-state index contributed by atoms with van der Waals surface area (Å²) in [7, 11) is 0. The molecule has 0 amide bonds. The molecule has 4 nitrogen and oxygen atoms in total. The Morgan fingerprint density at radius 1 is 1.48 bits per heavy atom. The lowest BCUT2D eigenvalue weighted by Gasteiger charge is -2.15. The summed E-state index contributed by atoms with van der Waals surface area (Å²) in [6.07, 6.45) is 2.31. The second-order valence-electron chi connectivity index (χ2n) is 5.84. The molecule has 3 rings (SSSR count).